The first-order chi connectivity index (χ1) is 9.86. The third-order valence-corrected chi connectivity index (χ3v) is 4.66. The minimum Gasteiger partial charge on any atom is -0.394 e. The standard InChI is InChI=1S/C12H16N4O4S/c1-5-16(9-6(21-5)3-14-11(13)15-9)10-8(18)12(2,19)7(4-17)20-10/h3,7-8,10,17-19H,1,4H2,2H3,(H2,13,14,15)/t7-,8+,10-,12-/m1/s1. The third kappa shape index (κ3) is 2.09. The maximum Gasteiger partial charge on any atom is 0.222 e. The minimum absolute atomic E-state index is 0.0898. The number of hydrogen-bond donors (Lipinski definition) is 4. The van der Waals surface area contributed by atoms with Gasteiger partial charge in [-0.1, -0.05) is 18.3 Å². The number of fused-ring (bicyclic) bond motifs is 1. The van der Waals surface area contributed by atoms with Gasteiger partial charge in [-0.25, -0.2) is 4.98 Å². The van der Waals surface area contributed by atoms with Gasteiger partial charge in [0.05, 0.1) is 16.5 Å². The van der Waals surface area contributed by atoms with Gasteiger partial charge in [-0.3, -0.25) is 4.90 Å². The van der Waals surface area contributed by atoms with Crippen LogP contribution in [0, 0.1) is 0 Å². The van der Waals surface area contributed by atoms with Crippen LogP contribution in [0.15, 0.2) is 22.7 Å². The predicted molar refractivity (Wildman–Crippen MR) is 76.3 cm³/mol. The van der Waals surface area contributed by atoms with E-state index in [1.807, 2.05) is 0 Å². The van der Waals surface area contributed by atoms with Crippen molar-refractivity contribution in [2.75, 3.05) is 17.2 Å². The van der Waals surface area contributed by atoms with Gasteiger partial charge < -0.3 is 25.8 Å². The van der Waals surface area contributed by atoms with Crippen LogP contribution in [0.1, 0.15) is 6.92 Å². The summed E-state index contributed by atoms with van der Waals surface area (Å²) in [5, 5.41) is 30.5. The van der Waals surface area contributed by atoms with Crippen LogP contribution in [0.3, 0.4) is 0 Å². The monoisotopic (exact) mass is 312 g/mol. The summed E-state index contributed by atoms with van der Waals surface area (Å²) in [6.07, 6.45) is -1.49. The van der Waals surface area contributed by atoms with Crippen molar-refractivity contribution < 1.29 is 20.1 Å². The molecule has 1 aromatic rings. The molecular weight excluding hydrogens is 296 g/mol. The molecule has 3 rings (SSSR count). The fourth-order valence-corrected chi connectivity index (χ4v) is 3.35. The van der Waals surface area contributed by atoms with E-state index in [9.17, 15) is 15.3 Å². The molecule has 1 saturated heterocycles. The fourth-order valence-electron chi connectivity index (χ4n) is 2.47. The summed E-state index contributed by atoms with van der Waals surface area (Å²) >= 11 is 1.32. The maximum absolute atomic E-state index is 10.3. The number of aliphatic hydroxyl groups is 3. The molecule has 5 N–H and O–H groups in total. The molecule has 21 heavy (non-hydrogen) atoms. The molecule has 2 aliphatic heterocycles. The van der Waals surface area contributed by atoms with Crippen LogP contribution < -0.4 is 10.6 Å². The van der Waals surface area contributed by atoms with Gasteiger partial charge in [0.25, 0.3) is 0 Å². The Hall–Kier alpha value is -1.39. The zero-order valence-electron chi connectivity index (χ0n) is 11.3. The SMILES string of the molecule is C=C1Sc2cnc(N)nc2N1[C@@H]1O[C@H](CO)[C@@](C)(O)[C@H]1O. The normalized spacial score (nSPS) is 35.3. The molecule has 8 nitrogen and oxygen atoms in total. The van der Waals surface area contributed by atoms with Crippen molar-refractivity contribution in [1.29, 1.82) is 0 Å². The Kier molecular flexibility index (Phi) is 3.34. The van der Waals surface area contributed by atoms with Crippen molar-refractivity contribution in [3.63, 3.8) is 0 Å². The molecule has 1 aromatic heterocycles. The Bertz CT molecular complexity index is 597. The van der Waals surface area contributed by atoms with Crippen LogP contribution >= 0.6 is 11.8 Å². The van der Waals surface area contributed by atoms with Crippen LogP contribution in [0.5, 0.6) is 0 Å². The van der Waals surface area contributed by atoms with Crippen molar-refractivity contribution in [1.82, 2.24) is 9.97 Å². The second-order valence-electron chi connectivity index (χ2n) is 5.15. The van der Waals surface area contributed by atoms with Crippen LogP contribution in [-0.2, 0) is 4.74 Å². The lowest BCUT2D eigenvalue weighted by Crippen LogP contribution is -2.49. The van der Waals surface area contributed by atoms with E-state index < -0.39 is 30.6 Å². The Labute approximate surface area is 125 Å². The number of nitrogen functional groups attached to an aromatic ring is 1. The summed E-state index contributed by atoms with van der Waals surface area (Å²) in [6, 6.07) is 0. The number of nitrogens with two attached hydrogens (primary N) is 1. The molecule has 1 fully saturated rings. The summed E-state index contributed by atoms with van der Waals surface area (Å²) in [5.74, 6) is 0.558. The molecule has 9 heteroatoms. The summed E-state index contributed by atoms with van der Waals surface area (Å²) in [5.41, 5.74) is 4.02. The minimum atomic E-state index is -1.58. The lowest BCUT2D eigenvalue weighted by molar-refractivity contribution is -0.0793. The molecular formula is C12H16N4O4S. The summed E-state index contributed by atoms with van der Waals surface area (Å²) < 4.78 is 5.59. The number of aromatic nitrogens is 2. The van der Waals surface area contributed by atoms with Crippen LogP contribution in [0.2, 0.25) is 0 Å². The van der Waals surface area contributed by atoms with Gasteiger partial charge >= 0.3 is 0 Å². The number of anilines is 2. The highest BCUT2D eigenvalue weighted by molar-refractivity contribution is 8.03. The number of thioether (sulfide) groups is 1. The van der Waals surface area contributed by atoms with Crippen LogP contribution in [0.4, 0.5) is 11.8 Å². The van der Waals surface area contributed by atoms with Crippen molar-refractivity contribution >= 4 is 23.5 Å². The fraction of sp³-hybridized carbons (Fsp3) is 0.500. The second-order valence-corrected chi connectivity index (χ2v) is 6.27. The van der Waals surface area contributed by atoms with Crippen molar-refractivity contribution in [2.45, 2.75) is 35.9 Å². The van der Waals surface area contributed by atoms with Gasteiger partial charge in [0.2, 0.25) is 5.95 Å². The second kappa shape index (κ2) is 4.82. The Balaban J connectivity index is 1.99. The zero-order chi connectivity index (χ0) is 15.4. The van der Waals surface area contributed by atoms with E-state index in [0.717, 1.165) is 4.90 Å². The smallest absolute Gasteiger partial charge is 0.222 e. The van der Waals surface area contributed by atoms with Crippen molar-refractivity contribution in [3.8, 4) is 0 Å². The van der Waals surface area contributed by atoms with Crippen molar-refractivity contribution in [3.05, 3.63) is 17.8 Å². The van der Waals surface area contributed by atoms with E-state index in [4.69, 9.17) is 10.5 Å². The van der Waals surface area contributed by atoms with E-state index in [2.05, 4.69) is 16.5 Å². The summed E-state index contributed by atoms with van der Waals surface area (Å²) in [7, 11) is 0. The first-order valence-electron chi connectivity index (χ1n) is 6.31. The average Bonchev–Trinajstić information content (AvgIpc) is 2.85. The van der Waals surface area contributed by atoms with Gasteiger partial charge in [-0.05, 0) is 6.92 Å². The highest BCUT2D eigenvalue weighted by Gasteiger charge is 2.55. The highest BCUT2D eigenvalue weighted by atomic mass is 32.2. The van der Waals surface area contributed by atoms with Gasteiger partial charge in [-0.2, -0.15) is 4.98 Å². The Morgan fingerprint density at radius 1 is 1.62 bits per heavy atom. The third-order valence-electron chi connectivity index (χ3n) is 3.72. The first kappa shape index (κ1) is 14.5. The topological polar surface area (TPSA) is 125 Å². The molecule has 0 radical (unpaired) electrons. The average molecular weight is 312 g/mol. The van der Waals surface area contributed by atoms with Crippen LogP contribution in [-0.4, -0.2) is 55.9 Å². The van der Waals surface area contributed by atoms with Gasteiger partial charge in [-0.15, -0.1) is 0 Å². The molecule has 0 amide bonds. The van der Waals surface area contributed by atoms with E-state index in [0.29, 0.717) is 10.8 Å². The molecule has 0 unspecified atom stereocenters. The summed E-state index contributed by atoms with van der Waals surface area (Å²) in [4.78, 5) is 10.3. The predicted octanol–water partition coefficient (Wildman–Crippen LogP) is -0.729. The van der Waals surface area contributed by atoms with Crippen molar-refractivity contribution in [2.24, 2.45) is 0 Å². The first-order valence-corrected chi connectivity index (χ1v) is 7.13. The van der Waals surface area contributed by atoms with E-state index in [-0.39, 0.29) is 5.95 Å². The lowest BCUT2D eigenvalue weighted by Gasteiger charge is -2.29. The number of aliphatic hydroxyl groups excluding tert-OH is 2. The van der Waals surface area contributed by atoms with Gasteiger partial charge in [0.1, 0.15) is 17.8 Å². The number of nitrogens with zero attached hydrogens (tertiary/aromatic N) is 3. The van der Waals surface area contributed by atoms with Gasteiger partial charge in [0, 0.05) is 6.20 Å². The molecule has 0 aromatic carbocycles. The summed E-state index contributed by atoms with van der Waals surface area (Å²) in [6.45, 7) is 4.91. The molecule has 3 heterocycles. The molecule has 0 bridgehead atoms. The Morgan fingerprint density at radius 3 is 2.95 bits per heavy atom. The molecule has 2 aliphatic rings. The van der Waals surface area contributed by atoms with E-state index >= 15 is 0 Å². The zero-order valence-corrected chi connectivity index (χ0v) is 12.1. The molecule has 114 valence electrons. The molecule has 4 atom stereocenters. The maximum atomic E-state index is 10.3. The largest absolute Gasteiger partial charge is 0.394 e. The number of rotatable bonds is 2. The molecule has 0 spiro atoms. The highest BCUT2D eigenvalue weighted by Crippen LogP contribution is 2.48. The van der Waals surface area contributed by atoms with Crippen LogP contribution in [0.25, 0.3) is 0 Å². The Morgan fingerprint density at radius 2 is 2.33 bits per heavy atom. The molecule has 0 saturated carbocycles. The van der Waals surface area contributed by atoms with E-state index in [1.54, 1.807) is 11.1 Å². The lowest BCUT2D eigenvalue weighted by atomic mass is 9.95. The number of hydrogen-bond acceptors (Lipinski definition) is 9. The van der Waals surface area contributed by atoms with E-state index in [1.165, 1.54) is 18.7 Å². The quantitative estimate of drug-likeness (QED) is 0.559. The molecule has 0 aliphatic carbocycles. The number of ether oxygens (including phenoxy) is 1. The van der Waals surface area contributed by atoms with Gasteiger partial charge in [0.15, 0.2) is 12.0 Å².